The second-order valence-electron chi connectivity index (χ2n) is 3.27. The maximum atomic E-state index is 11.9. The molecule has 7 heteroatoms. The van der Waals surface area contributed by atoms with Gasteiger partial charge in [0.15, 0.2) is 6.61 Å². The fraction of sp³-hybridized carbons (Fsp3) is 0.400. The van der Waals surface area contributed by atoms with Crippen LogP contribution in [0.1, 0.15) is 18.5 Å². The molecule has 0 saturated carbocycles. The third-order valence-electron chi connectivity index (χ3n) is 1.79. The average molecular weight is 292 g/mol. The highest BCUT2D eigenvalue weighted by molar-refractivity contribution is 5.85. The lowest BCUT2D eigenvalue weighted by Gasteiger charge is -2.11. The lowest BCUT2D eigenvalue weighted by Crippen LogP contribution is -2.19. The van der Waals surface area contributed by atoms with Crippen LogP contribution in [0.3, 0.4) is 0 Å². The van der Waals surface area contributed by atoms with Crippen molar-refractivity contribution in [2.45, 2.75) is 19.1 Å². The molecule has 1 aromatic rings. The van der Waals surface area contributed by atoms with Gasteiger partial charge in [-0.15, -0.1) is 24.8 Å². The largest absolute Gasteiger partial charge is 0.484 e. The van der Waals surface area contributed by atoms with Crippen LogP contribution in [0.25, 0.3) is 0 Å². The van der Waals surface area contributed by atoms with Crippen molar-refractivity contribution in [3.05, 3.63) is 29.8 Å². The van der Waals surface area contributed by atoms with E-state index in [4.69, 9.17) is 5.73 Å². The molecule has 0 saturated heterocycles. The Morgan fingerprint density at radius 1 is 1.29 bits per heavy atom. The van der Waals surface area contributed by atoms with Gasteiger partial charge in [-0.3, -0.25) is 0 Å². The van der Waals surface area contributed by atoms with E-state index in [1.807, 2.05) is 0 Å². The molecule has 0 aliphatic rings. The number of nitrogens with two attached hydrogens (primary N) is 1. The van der Waals surface area contributed by atoms with Crippen molar-refractivity contribution in [1.82, 2.24) is 0 Å². The monoisotopic (exact) mass is 291 g/mol. The molecule has 0 aliphatic heterocycles. The summed E-state index contributed by atoms with van der Waals surface area (Å²) >= 11 is 0. The van der Waals surface area contributed by atoms with Gasteiger partial charge in [0, 0.05) is 6.04 Å². The summed E-state index contributed by atoms with van der Waals surface area (Å²) in [7, 11) is 0. The molecule has 1 unspecified atom stereocenters. The van der Waals surface area contributed by atoms with Gasteiger partial charge in [-0.05, 0) is 24.6 Å². The van der Waals surface area contributed by atoms with Crippen LogP contribution >= 0.6 is 24.8 Å². The predicted octanol–water partition coefficient (Wildman–Crippen LogP) is 3.49. The number of hydrogen-bond donors (Lipinski definition) is 1. The summed E-state index contributed by atoms with van der Waals surface area (Å²) in [6, 6.07) is 6.11. The van der Waals surface area contributed by atoms with Gasteiger partial charge in [0.25, 0.3) is 0 Å². The lowest BCUT2D eigenvalue weighted by atomic mass is 10.1. The van der Waals surface area contributed by atoms with Crippen LogP contribution in [0.2, 0.25) is 0 Å². The van der Waals surface area contributed by atoms with Crippen LogP contribution in [0, 0.1) is 0 Å². The van der Waals surface area contributed by atoms with Gasteiger partial charge in [-0.2, -0.15) is 13.2 Å². The quantitative estimate of drug-likeness (QED) is 0.925. The summed E-state index contributed by atoms with van der Waals surface area (Å²) in [4.78, 5) is 0. The Bertz CT molecular complexity index is 332. The van der Waals surface area contributed by atoms with E-state index in [0.717, 1.165) is 5.56 Å². The minimum absolute atomic E-state index is 0. The Hall–Kier alpha value is -0.650. The van der Waals surface area contributed by atoms with E-state index >= 15 is 0 Å². The van der Waals surface area contributed by atoms with E-state index in [1.165, 1.54) is 12.1 Å². The minimum Gasteiger partial charge on any atom is -0.484 e. The highest BCUT2D eigenvalue weighted by Gasteiger charge is 2.28. The fourth-order valence-electron chi connectivity index (χ4n) is 1.05. The zero-order valence-electron chi connectivity index (χ0n) is 9.03. The molecular weight excluding hydrogens is 278 g/mol. The van der Waals surface area contributed by atoms with E-state index in [0.29, 0.717) is 0 Å². The van der Waals surface area contributed by atoms with Crippen molar-refractivity contribution < 1.29 is 17.9 Å². The highest BCUT2D eigenvalue weighted by atomic mass is 35.5. The predicted molar refractivity (Wildman–Crippen MR) is 65.1 cm³/mol. The first-order valence-corrected chi connectivity index (χ1v) is 4.43. The maximum Gasteiger partial charge on any atom is 0.422 e. The number of alkyl halides is 3. The average Bonchev–Trinajstić information content (AvgIpc) is 2.14. The van der Waals surface area contributed by atoms with E-state index in [-0.39, 0.29) is 36.6 Å². The summed E-state index contributed by atoms with van der Waals surface area (Å²) in [6.07, 6.45) is -4.32. The Balaban J connectivity index is 0. The first-order valence-electron chi connectivity index (χ1n) is 4.43. The Morgan fingerprint density at radius 3 is 2.35 bits per heavy atom. The summed E-state index contributed by atoms with van der Waals surface area (Å²) in [6.45, 7) is 0.471. The molecule has 1 rings (SSSR count). The van der Waals surface area contributed by atoms with Gasteiger partial charge < -0.3 is 10.5 Å². The van der Waals surface area contributed by atoms with Crippen molar-refractivity contribution in [2.75, 3.05) is 6.61 Å². The normalized spacial score (nSPS) is 12.1. The number of benzene rings is 1. The molecule has 17 heavy (non-hydrogen) atoms. The molecule has 0 bridgehead atoms. The van der Waals surface area contributed by atoms with E-state index in [2.05, 4.69) is 4.74 Å². The molecule has 1 atom stereocenters. The van der Waals surface area contributed by atoms with Crippen molar-refractivity contribution >= 4 is 24.8 Å². The molecular formula is C10H14Cl2F3NO. The lowest BCUT2D eigenvalue weighted by molar-refractivity contribution is -0.153. The molecule has 0 spiro atoms. The third-order valence-corrected chi connectivity index (χ3v) is 1.79. The second kappa shape index (κ2) is 7.63. The van der Waals surface area contributed by atoms with E-state index in [1.54, 1.807) is 19.1 Å². The number of rotatable bonds is 3. The van der Waals surface area contributed by atoms with Crippen molar-refractivity contribution in [3.63, 3.8) is 0 Å². The smallest absolute Gasteiger partial charge is 0.422 e. The summed E-state index contributed by atoms with van der Waals surface area (Å²) < 4.78 is 40.1. The van der Waals surface area contributed by atoms with Crippen LogP contribution in [-0.4, -0.2) is 12.8 Å². The van der Waals surface area contributed by atoms with E-state index in [9.17, 15) is 13.2 Å². The first-order chi connectivity index (χ1) is 6.88. The van der Waals surface area contributed by atoms with E-state index < -0.39 is 12.8 Å². The molecule has 0 amide bonds. The fourth-order valence-corrected chi connectivity index (χ4v) is 1.05. The summed E-state index contributed by atoms with van der Waals surface area (Å²) in [5, 5.41) is 0. The Kier molecular flexibility index (Phi) is 8.40. The van der Waals surface area contributed by atoms with Gasteiger partial charge in [-0.25, -0.2) is 0 Å². The van der Waals surface area contributed by atoms with Crippen molar-refractivity contribution in [1.29, 1.82) is 0 Å². The van der Waals surface area contributed by atoms with Crippen LogP contribution in [0.5, 0.6) is 5.75 Å². The van der Waals surface area contributed by atoms with Crippen LogP contribution in [0.15, 0.2) is 24.3 Å². The molecule has 0 heterocycles. The summed E-state index contributed by atoms with van der Waals surface area (Å²) in [5.74, 6) is 0.183. The Morgan fingerprint density at radius 2 is 1.88 bits per heavy atom. The zero-order chi connectivity index (χ0) is 11.5. The molecule has 2 nitrogen and oxygen atoms in total. The van der Waals surface area contributed by atoms with Gasteiger partial charge in [0.05, 0.1) is 0 Å². The first kappa shape index (κ1) is 18.7. The van der Waals surface area contributed by atoms with Crippen molar-refractivity contribution in [2.24, 2.45) is 5.73 Å². The maximum absolute atomic E-state index is 11.9. The van der Waals surface area contributed by atoms with Crippen LogP contribution < -0.4 is 10.5 Å². The third kappa shape index (κ3) is 7.31. The number of halogens is 5. The Labute approximate surface area is 110 Å². The van der Waals surface area contributed by atoms with Crippen LogP contribution in [-0.2, 0) is 0 Å². The zero-order valence-corrected chi connectivity index (χ0v) is 10.7. The second-order valence-corrected chi connectivity index (χ2v) is 3.27. The molecule has 0 radical (unpaired) electrons. The molecule has 0 aliphatic carbocycles. The number of ether oxygens (including phenoxy) is 1. The van der Waals surface area contributed by atoms with Gasteiger partial charge in [-0.1, -0.05) is 12.1 Å². The van der Waals surface area contributed by atoms with Gasteiger partial charge in [0.2, 0.25) is 0 Å². The topological polar surface area (TPSA) is 35.2 Å². The minimum atomic E-state index is -4.32. The summed E-state index contributed by atoms with van der Waals surface area (Å²) in [5.41, 5.74) is 6.33. The van der Waals surface area contributed by atoms with Crippen LogP contribution in [0.4, 0.5) is 13.2 Å². The standard InChI is InChI=1S/C10H12F3NO.2ClH/c1-7(14)8-3-2-4-9(5-8)15-6-10(11,12)13;;/h2-5,7H,6,14H2,1H3;2*1H. The molecule has 2 N–H and O–H groups in total. The molecule has 0 fully saturated rings. The molecule has 100 valence electrons. The van der Waals surface area contributed by atoms with Gasteiger partial charge >= 0.3 is 6.18 Å². The molecule has 1 aromatic carbocycles. The van der Waals surface area contributed by atoms with Crippen molar-refractivity contribution in [3.8, 4) is 5.75 Å². The number of hydrogen-bond acceptors (Lipinski definition) is 2. The molecule has 0 aromatic heterocycles. The van der Waals surface area contributed by atoms with Gasteiger partial charge in [0.1, 0.15) is 5.75 Å². The highest BCUT2D eigenvalue weighted by Crippen LogP contribution is 2.21. The SMILES string of the molecule is CC(N)c1cccc(OCC(F)(F)F)c1.Cl.Cl.